The van der Waals surface area contributed by atoms with Crippen LogP contribution in [0.1, 0.15) is 19.4 Å². The summed E-state index contributed by atoms with van der Waals surface area (Å²) in [5.74, 6) is 0.220. The first-order valence-corrected chi connectivity index (χ1v) is 5.34. The number of halogens is 1. The Kier molecular flexibility index (Phi) is 4.49. The van der Waals surface area contributed by atoms with Crippen LogP contribution in [-0.2, 0) is 9.53 Å². The van der Waals surface area contributed by atoms with Gasteiger partial charge in [0.2, 0.25) is 0 Å². The van der Waals surface area contributed by atoms with Crippen LogP contribution in [0.15, 0.2) is 6.33 Å². The zero-order chi connectivity index (χ0) is 12.1. The van der Waals surface area contributed by atoms with E-state index >= 15 is 0 Å². The van der Waals surface area contributed by atoms with E-state index in [0.717, 1.165) is 0 Å². The molecule has 1 unspecified atom stereocenters. The van der Waals surface area contributed by atoms with Gasteiger partial charge in [0.15, 0.2) is 0 Å². The molecule has 0 aliphatic rings. The van der Waals surface area contributed by atoms with Crippen LogP contribution in [0.25, 0.3) is 0 Å². The number of nitrogens with zero attached hydrogens (tertiary/aromatic N) is 2. The number of hydrogen-bond donors (Lipinski definition) is 1. The molecular formula is C10H14ClN3O2. The summed E-state index contributed by atoms with van der Waals surface area (Å²) in [6, 6.07) is -0.468. The fourth-order valence-electron chi connectivity index (χ4n) is 1.11. The second-order valence-corrected chi connectivity index (χ2v) is 3.61. The maximum absolute atomic E-state index is 11.4. The highest BCUT2D eigenvalue weighted by Crippen LogP contribution is 2.18. The normalized spacial score (nSPS) is 12.0. The summed E-state index contributed by atoms with van der Waals surface area (Å²) in [4.78, 5) is 19.2. The molecule has 5 nitrogen and oxygen atoms in total. The first-order chi connectivity index (χ1) is 7.56. The number of esters is 1. The Morgan fingerprint density at radius 2 is 2.31 bits per heavy atom. The van der Waals surface area contributed by atoms with Crippen LogP contribution in [0, 0.1) is 6.92 Å². The van der Waals surface area contributed by atoms with Gasteiger partial charge in [0, 0.05) is 5.56 Å². The quantitative estimate of drug-likeness (QED) is 0.645. The second kappa shape index (κ2) is 5.65. The van der Waals surface area contributed by atoms with Gasteiger partial charge in [-0.25, -0.2) is 14.8 Å². The van der Waals surface area contributed by atoms with E-state index in [4.69, 9.17) is 16.3 Å². The molecule has 16 heavy (non-hydrogen) atoms. The van der Waals surface area contributed by atoms with Crippen molar-refractivity contribution in [2.45, 2.75) is 26.8 Å². The molecule has 1 aromatic rings. The number of aromatic nitrogens is 2. The van der Waals surface area contributed by atoms with Gasteiger partial charge in [-0.2, -0.15) is 0 Å². The first-order valence-electron chi connectivity index (χ1n) is 4.96. The Balaban J connectivity index is 2.73. The molecule has 0 spiro atoms. The van der Waals surface area contributed by atoms with E-state index in [9.17, 15) is 4.79 Å². The molecule has 0 aliphatic heterocycles. The van der Waals surface area contributed by atoms with Crippen LogP contribution in [0.4, 0.5) is 5.82 Å². The van der Waals surface area contributed by atoms with Crippen LogP contribution < -0.4 is 5.32 Å². The number of carbonyl (C=O) groups is 1. The summed E-state index contributed by atoms with van der Waals surface area (Å²) in [6.07, 6.45) is 1.34. The minimum atomic E-state index is -0.468. The predicted octanol–water partition coefficient (Wildman–Crippen LogP) is 1.80. The maximum Gasteiger partial charge on any atom is 0.328 e. The Morgan fingerprint density at radius 3 is 2.94 bits per heavy atom. The fraction of sp³-hybridized carbons (Fsp3) is 0.500. The molecule has 1 rings (SSSR count). The minimum Gasteiger partial charge on any atom is -0.464 e. The third-order valence-corrected chi connectivity index (χ3v) is 2.40. The topological polar surface area (TPSA) is 64.1 Å². The van der Waals surface area contributed by atoms with Crippen LogP contribution >= 0.6 is 11.6 Å². The van der Waals surface area contributed by atoms with Gasteiger partial charge in [0.05, 0.1) is 6.61 Å². The summed E-state index contributed by atoms with van der Waals surface area (Å²) >= 11 is 5.83. The Labute approximate surface area is 99.2 Å². The third-order valence-electron chi connectivity index (χ3n) is 2.02. The van der Waals surface area contributed by atoms with Crippen LogP contribution in [-0.4, -0.2) is 28.6 Å². The van der Waals surface area contributed by atoms with E-state index in [1.54, 1.807) is 20.8 Å². The summed E-state index contributed by atoms with van der Waals surface area (Å²) < 4.78 is 4.87. The first kappa shape index (κ1) is 12.7. The standard InChI is InChI=1S/C10H14ClN3O2/c1-4-16-10(15)7(3)14-9-6(2)8(11)12-5-13-9/h5,7H,4H2,1-3H3,(H,12,13,14). The number of nitrogens with one attached hydrogen (secondary N) is 1. The summed E-state index contributed by atoms with van der Waals surface area (Å²) in [5.41, 5.74) is 0.709. The van der Waals surface area contributed by atoms with Crippen LogP contribution in [0.5, 0.6) is 0 Å². The molecule has 88 valence electrons. The number of rotatable bonds is 4. The molecule has 0 amide bonds. The van der Waals surface area contributed by atoms with Crippen molar-refractivity contribution in [1.82, 2.24) is 9.97 Å². The van der Waals surface area contributed by atoms with Gasteiger partial charge < -0.3 is 10.1 Å². The van der Waals surface area contributed by atoms with E-state index < -0.39 is 6.04 Å². The molecule has 1 N–H and O–H groups in total. The Morgan fingerprint density at radius 1 is 1.62 bits per heavy atom. The van der Waals surface area contributed by atoms with E-state index in [1.807, 2.05) is 0 Å². The Hall–Kier alpha value is -1.36. The van der Waals surface area contributed by atoms with E-state index in [1.165, 1.54) is 6.33 Å². The maximum atomic E-state index is 11.4. The van der Waals surface area contributed by atoms with Crippen LogP contribution in [0.2, 0.25) is 5.15 Å². The molecule has 0 saturated heterocycles. The molecule has 1 aromatic heterocycles. The lowest BCUT2D eigenvalue weighted by Crippen LogP contribution is -2.29. The lowest BCUT2D eigenvalue weighted by atomic mass is 10.3. The molecular weight excluding hydrogens is 230 g/mol. The number of anilines is 1. The van der Waals surface area contributed by atoms with E-state index in [-0.39, 0.29) is 5.97 Å². The zero-order valence-electron chi connectivity index (χ0n) is 9.45. The van der Waals surface area contributed by atoms with Gasteiger partial charge in [-0.3, -0.25) is 0 Å². The van der Waals surface area contributed by atoms with Gasteiger partial charge in [-0.15, -0.1) is 0 Å². The molecule has 1 heterocycles. The largest absolute Gasteiger partial charge is 0.464 e. The monoisotopic (exact) mass is 243 g/mol. The number of ether oxygens (including phenoxy) is 1. The van der Waals surface area contributed by atoms with Crippen molar-refractivity contribution in [2.24, 2.45) is 0 Å². The van der Waals surface area contributed by atoms with E-state index in [0.29, 0.717) is 23.1 Å². The smallest absolute Gasteiger partial charge is 0.328 e. The minimum absolute atomic E-state index is 0.323. The van der Waals surface area contributed by atoms with Gasteiger partial charge in [0.1, 0.15) is 23.3 Å². The summed E-state index contributed by atoms with van der Waals surface area (Å²) in [6.45, 7) is 5.60. The average Bonchev–Trinajstić information content (AvgIpc) is 2.25. The molecule has 0 aliphatic carbocycles. The zero-order valence-corrected chi connectivity index (χ0v) is 10.2. The molecule has 0 saturated carbocycles. The molecule has 0 radical (unpaired) electrons. The van der Waals surface area contributed by atoms with Gasteiger partial charge in [0.25, 0.3) is 0 Å². The lowest BCUT2D eigenvalue weighted by molar-refractivity contribution is -0.143. The van der Waals surface area contributed by atoms with Gasteiger partial charge in [-0.1, -0.05) is 11.6 Å². The van der Waals surface area contributed by atoms with Crippen molar-refractivity contribution in [2.75, 3.05) is 11.9 Å². The summed E-state index contributed by atoms with van der Waals surface area (Å²) in [5, 5.41) is 3.29. The Bertz CT molecular complexity index is 384. The lowest BCUT2D eigenvalue weighted by Gasteiger charge is -2.14. The second-order valence-electron chi connectivity index (χ2n) is 3.26. The van der Waals surface area contributed by atoms with Crippen molar-refractivity contribution in [3.05, 3.63) is 17.0 Å². The van der Waals surface area contributed by atoms with Crippen molar-refractivity contribution < 1.29 is 9.53 Å². The highest BCUT2D eigenvalue weighted by molar-refractivity contribution is 6.30. The van der Waals surface area contributed by atoms with Gasteiger partial charge >= 0.3 is 5.97 Å². The van der Waals surface area contributed by atoms with E-state index in [2.05, 4.69) is 15.3 Å². The SMILES string of the molecule is CCOC(=O)C(C)Nc1ncnc(Cl)c1C. The molecule has 0 fully saturated rings. The average molecular weight is 244 g/mol. The molecule has 6 heteroatoms. The highest BCUT2D eigenvalue weighted by Gasteiger charge is 2.15. The number of hydrogen-bond acceptors (Lipinski definition) is 5. The fourth-order valence-corrected chi connectivity index (χ4v) is 1.24. The molecule has 1 atom stereocenters. The van der Waals surface area contributed by atoms with Crippen molar-refractivity contribution in [1.29, 1.82) is 0 Å². The van der Waals surface area contributed by atoms with Crippen molar-refractivity contribution in [3.8, 4) is 0 Å². The highest BCUT2D eigenvalue weighted by atomic mass is 35.5. The van der Waals surface area contributed by atoms with Crippen molar-refractivity contribution >= 4 is 23.4 Å². The van der Waals surface area contributed by atoms with Crippen LogP contribution in [0.3, 0.4) is 0 Å². The van der Waals surface area contributed by atoms with Crippen molar-refractivity contribution in [3.63, 3.8) is 0 Å². The molecule has 0 aromatic carbocycles. The summed E-state index contributed by atoms with van der Waals surface area (Å²) in [7, 11) is 0. The number of carbonyl (C=O) groups excluding carboxylic acids is 1. The third kappa shape index (κ3) is 3.06. The van der Waals surface area contributed by atoms with Gasteiger partial charge in [-0.05, 0) is 20.8 Å². The molecule has 0 bridgehead atoms. The predicted molar refractivity (Wildman–Crippen MR) is 61.5 cm³/mol.